The van der Waals surface area contributed by atoms with Crippen LogP contribution in [0.15, 0.2) is 12.4 Å². The molecular weight excluding hydrogens is 246 g/mol. The van der Waals surface area contributed by atoms with Gasteiger partial charge in [-0.2, -0.15) is 0 Å². The highest BCUT2D eigenvalue weighted by Crippen LogP contribution is 2.45. The third kappa shape index (κ3) is 2.78. The molecular formula is C17H29N3. The highest BCUT2D eigenvalue weighted by molar-refractivity contribution is 5.02. The normalized spacial score (nSPS) is 31.8. The van der Waals surface area contributed by atoms with Crippen LogP contribution in [0.2, 0.25) is 0 Å². The van der Waals surface area contributed by atoms with Gasteiger partial charge in [-0.3, -0.25) is 0 Å². The van der Waals surface area contributed by atoms with E-state index in [4.69, 9.17) is 5.73 Å². The van der Waals surface area contributed by atoms with Crippen LogP contribution < -0.4 is 5.73 Å². The molecule has 0 radical (unpaired) electrons. The van der Waals surface area contributed by atoms with Crippen molar-refractivity contribution in [2.75, 3.05) is 0 Å². The lowest BCUT2D eigenvalue weighted by atomic mass is 9.66. The van der Waals surface area contributed by atoms with Crippen LogP contribution in [-0.4, -0.2) is 9.55 Å². The molecule has 4 unspecified atom stereocenters. The SMILES string of the molecule is CCCn1ccnc1C(N)C1CCC2CCCCC2C1. The van der Waals surface area contributed by atoms with Crippen LogP contribution in [0.25, 0.3) is 0 Å². The molecule has 0 aliphatic heterocycles. The molecule has 0 aromatic carbocycles. The van der Waals surface area contributed by atoms with Crippen LogP contribution in [0.3, 0.4) is 0 Å². The van der Waals surface area contributed by atoms with Crippen LogP contribution in [0.4, 0.5) is 0 Å². The van der Waals surface area contributed by atoms with Crippen molar-refractivity contribution in [1.82, 2.24) is 9.55 Å². The number of rotatable bonds is 4. The van der Waals surface area contributed by atoms with Crippen molar-refractivity contribution in [3.8, 4) is 0 Å². The Morgan fingerprint density at radius 3 is 2.85 bits per heavy atom. The standard InChI is InChI=1S/C17H29N3/c1-2-10-20-11-9-19-17(20)16(18)15-8-7-13-5-3-4-6-14(13)12-15/h9,11,13-16H,2-8,10,12,18H2,1H3. The van der Waals surface area contributed by atoms with E-state index < -0.39 is 0 Å². The van der Waals surface area contributed by atoms with E-state index in [1.54, 1.807) is 0 Å². The first-order chi connectivity index (χ1) is 9.79. The van der Waals surface area contributed by atoms with Gasteiger partial charge < -0.3 is 10.3 Å². The summed E-state index contributed by atoms with van der Waals surface area (Å²) in [6.45, 7) is 3.25. The molecule has 0 amide bonds. The van der Waals surface area contributed by atoms with Crippen molar-refractivity contribution in [3.05, 3.63) is 18.2 Å². The predicted octanol–water partition coefficient (Wildman–Crippen LogP) is 3.90. The van der Waals surface area contributed by atoms with E-state index >= 15 is 0 Å². The van der Waals surface area contributed by atoms with E-state index in [-0.39, 0.29) is 6.04 Å². The van der Waals surface area contributed by atoms with Gasteiger partial charge in [0.15, 0.2) is 0 Å². The highest BCUT2D eigenvalue weighted by atomic mass is 15.1. The third-order valence-corrected chi connectivity index (χ3v) is 5.60. The van der Waals surface area contributed by atoms with Gasteiger partial charge in [0.05, 0.1) is 6.04 Å². The predicted molar refractivity (Wildman–Crippen MR) is 82.2 cm³/mol. The molecule has 3 rings (SSSR count). The molecule has 1 aromatic heterocycles. The molecule has 112 valence electrons. The van der Waals surface area contributed by atoms with Crippen LogP contribution in [0.5, 0.6) is 0 Å². The smallest absolute Gasteiger partial charge is 0.125 e. The summed E-state index contributed by atoms with van der Waals surface area (Å²) in [4.78, 5) is 4.55. The van der Waals surface area contributed by atoms with Crippen molar-refractivity contribution in [2.24, 2.45) is 23.5 Å². The summed E-state index contributed by atoms with van der Waals surface area (Å²) >= 11 is 0. The maximum absolute atomic E-state index is 6.58. The topological polar surface area (TPSA) is 43.8 Å². The second kappa shape index (κ2) is 6.30. The maximum atomic E-state index is 6.58. The van der Waals surface area contributed by atoms with Gasteiger partial charge >= 0.3 is 0 Å². The van der Waals surface area contributed by atoms with Crippen molar-refractivity contribution in [3.63, 3.8) is 0 Å². The molecule has 20 heavy (non-hydrogen) atoms. The van der Waals surface area contributed by atoms with Crippen molar-refractivity contribution in [1.29, 1.82) is 0 Å². The van der Waals surface area contributed by atoms with Gasteiger partial charge in [-0.1, -0.05) is 32.6 Å². The zero-order valence-corrected chi connectivity index (χ0v) is 12.8. The molecule has 3 nitrogen and oxygen atoms in total. The summed E-state index contributed by atoms with van der Waals surface area (Å²) < 4.78 is 2.26. The second-order valence-electron chi connectivity index (χ2n) is 6.88. The van der Waals surface area contributed by atoms with E-state index in [1.165, 1.54) is 44.9 Å². The lowest BCUT2D eigenvalue weighted by molar-refractivity contribution is 0.115. The lowest BCUT2D eigenvalue weighted by Gasteiger charge is -2.41. The van der Waals surface area contributed by atoms with E-state index in [0.29, 0.717) is 5.92 Å². The molecule has 2 N–H and O–H groups in total. The Morgan fingerprint density at radius 2 is 2.05 bits per heavy atom. The first-order valence-corrected chi connectivity index (χ1v) is 8.56. The van der Waals surface area contributed by atoms with Crippen molar-refractivity contribution < 1.29 is 0 Å². The number of imidazole rings is 1. The molecule has 0 spiro atoms. The van der Waals surface area contributed by atoms with Crippen LogP contribution >= 0.6 is 0 Å². The van der Waals surface area contributed by atoms with Gasteiger partial charge in [0, 0.05) is 18.9 Å². The number of hydrogen-bond acceptors (Lipinski definition) is 2. The number of nitrogens with two attached hydrogens (primary N) is 1. The average Bonchev–Trinajstić information content (AvgIpc) is 2.94. The highest BCUT2D eigenvalue weighted by Gasteiger charge is 2.35. The van der Waals surface area contributed by atoms with Gasteiger partial charge in [0.1, 0.15) is 5.82 Å². The molecule has 4 atom stereocenters. The average molecular weight is 275 g/mol. The monoisotopic (exact) mass is 275 g/mol. The van der Waals surface area contributed by atoms with Gasteiger partial charge in [-0.15, -0.1) is 0 Å². The first kappa shape index (κ1) is 14.1. The molecule has 1 heterocycles. The zero-order chi connectivity index (χ0) is 13.9. The van der Waals surface area contributed by atoms with Crippen molar-refractivity contribution in [2.45, 2.75) is 70.9 Å². The largest absolute Gasteiger partial charge is 0.334 e. The molecule has 3 heteroatoms. The van der Waals surface area contributed by atoms with Crippen LogP contribution in [-0.2, 0) is 6.54 Å². The molecule has 2 fully saturated rings. The lowest BCUT2D eigenvalue weighted by Crippen LogP contribution is -2.34. The summed E-state index contributed by atoms with van der Waals surface area (Å²) in [5.41, 5.74) is 6.58. The maximum Gasteiger partial charge on any atom is 0.125 e. The second-order valence-corrected chi connectivity index (χ2v) is 6.88. The number of aryl methyl sites for hydroxylation is 1. The fraction of sp³-hybridized carbons (Fsp3) is 0.824. The molecule has 0 bridgehead atoms. The minimum Gasteiger partial charge on any atom is -0.334 e. The van der Waals surface area contributed by atoms with Crippen molar-refractivity contribution >= 4 is 0 Å². The van der Waals surface area contributed by atoms with E-state index in [9.17, 15) is 0 Å². The number of aromatic nitrogens is 2. The summed E-state index contributed by atoms with van der Waals surface area (Å²) in [7, 11) is 0. The molecule has 2 aliphatic rings. The quantitative estimate of drug-likeness (QED) is 0.905. The Morgan fingerprint density at radius 1 is 1.25 bits per heavy atom. The summed E-state index contributed by atoms with van der Waals surface area (Å²) in [6, 6.07) is 0.138. The Kier molecular flexibility index (Phi) is 4.45. The van der Waals surface area contributed by atoms with Gasteiger partial charge in [0.25, 0.3) is 0 Å². The fourth-order valence-electron chi connectivity index (χ4n) is 4.49. The summed E-state index contributed by atoms with van der Waals surface area (Å²) in [5, 5.41) is 0. The summed E-state index contributed by atoms with van der Waals surface area (Å²) in [6.07, 6.45) is 15.0. The number of nitrogens with zero attached hydrogens (tertiary/aromatic N) is 2. The van der Waals surface area contributed by atoms with Crippen LogP contribution in [0.1, 0.15) is 70.2 Å². The van der Waals surface area contributed by atoms with E-state index in [0.717, 1.165) is 30.6 Å². The zero-order valence-electron chi connectivity index (χ0n) is 12.8. The van der Waals surface area contributed by atoms with E-state index in [2.05, 4.69) is 22.7 Å². The fourth-order valence-corrected chi connectivity index (χ4v) is 4.49. The Labute approximate surface area is 123 Å². The van der Waals surface area contributed by atoms with Gasteiger partial charge in [0.2, 0.25) is 0 Å². The minimum atomic E-state index is 0.138. The Balaban J connectivity index is 1.67. The molecule has 0 saturated heterocycles. The minimum absolute atomic E-state index is 0.138. The summed E-state index contributed by atoms with van der Waals surface area (Å²) in [5.74, 6) is 3.71. The van der Waals surface area contributed by atoms with Gasteiger partial charge in [-0.05, 0) is 43.4 Å². The molecule has 2 aliphatic carbocycles. The Bertz CT molecular complexity index is 426. The third-order valence-electron chi connectivity index (χ3n) is 5.60. The molecule has 1 aromatic rings. The molecule has 2 saturated carbocycles. The van der Waals surface area contributed by atoms with Gasteiger partial charge in [-0.25, -0.2) is 4.98 Å². The number of hydrogen-bond donors (Lipinski definition) is 1. The number of fused-ring (bicyclic) bond motifs is 1. The first-order valence-electron chi connectivity index (χ1n) is 8.56. The van der Waals surface area contributed by atoms with Crippen LogP contribution in [0, 0.1) is 17.8 Å². The van der Waals surface area contributed by atoms with E-state index in [1.807, 2.05) is 6.20 Å². The Hall–Kier alpha value is -0.830.